The highest BCUT2D eigenvalue weighted by Crippen LogP contribution is 2.44. The van der Waals surface area contributed by atoms with Crippen LogP contribution in [0.5, 0.6) is 0 Å². The largest absolute Gasteiger partial charge is 0.469 e. The van der Waals surface area contributed by atoms with Crippen molar-refractivity contribution in [3.05, 3.63) is 29.8 Å². The lowest BCUT2D eigenvalue weighted by Gasteiger charge is -2.37. The quantitative estimate of drug-likeness (QED) is 0.820. The van der Waals surface area contributed by atoms with Crippen LogP contribution in [-0.2, 0) is 15.1 Å². The Labute approximate surface area is 105 Å². The van der Waals surface area contributed by atoms with Crippen LogP contribution in [0.3, 0.4) is 0 Å². The Morgan fingerprint density at radius 1 is 1.53 bits per heavy atom. The predicted octanol–water partition coefficient (Wildman–Crippen LogP) is 2.18. The predicted molar refractivity (Wildman–Crippen MR) is 66.9 cm³/mol. The van der Waals surface area contributed by atoms with Gasteiger partial charge in [-0.1, -0.05) is 18.2 Å². The second-order valence-corrected chi connectivity index (χ2v) is 5.40. The summed E-state index contributed by atoms with van der Waals surface area (Å²) in [6.45, 7) is 1.72. The van der Waals surface area contributed by atoms with Gasteiger partial charge in [-0.05, 0) is 25.0 Å². The second-order valence-electron chi connectivity index (χ2n) is 4.26. The molecule has 0 saturated carbocycles. The molecule has 0 aromatic heterocycles. The minimum Gasteiger partial charge on any atom is -0.469 e. The lowest BCUT2D eigenvalue weighted by atomic mass is 9.80. The maximum absolute atomic E-state index is 11.6. The number of thioether (sulfide) groups is 1. The van der Waals surface area contributed by atoms with E-state index < -0.39 is 11.5 Å². The van der Waals surface area contributed by atoms with Crippen LogP contribution in [0.2, 0.25) is 0 Å². The van der Waals surface area contributed by atoms with Crippen LogP contribution in [0.25, 0.3) is 0 Å². The van der Waals surface area contributed by atoms with E-state index in [2.05, 4.69) is 0 Å². The van der Waals surface area contributed by atoms with Gasteiger partial charge in [0.2, 0.25) is 0 Å². The van der Waals surface area contributed by atoms with E-state index in [-0.39, 0.29) is 5.97 Å². The van der Waals surface area contributed by atoms with Crippen LogP contribution in [0.1, 0.15) is 18.9 Å². The van der Waals surface area contributed by atoms with Crippen molar-refractivity contribution >= 4 is 17.7 Å². The first-order valence-electron chi connectivity index (χ1n) is 5.62. The Morgan fingerprint density at radius 2 is 2.24 bits per heavy atom. The van der Waals surface area contributed by atoms with Crippen molar-refractivity contribution in [3.8, 4) is 0 Å². The molecule has 92 valence electrons. The van der Waals surface area contributed by atoms with E-state index in [0.29, 0.717) is 6.42 Å². The molecule has 2 unspecified atom stereocenters. The van der Waals surface area contributed by atoms with Crippen molar-refractivity contribution in [2.45, 2.75) is 23.8 Å². The van der Waals surface area contributed by atoms with E-state index in [4.69, 9.17) is 4.74 Å². The van der Waals surface area contributed by atoms with Gasteiger partial charge in [0.25, 0.3) is 0 Å². The molecule has 3 nitrogen and oxygen atoms in total. The van der Waals surface area contributed by atoms with Crippen molar-refractivity contribution in [1.29, 1.82) is 0 Å². The number of hydrogen-bond acceptors (Lipinski definition) is 4. The van der Waals surface area contributed by atoms with Gasteiger partial charge in [0, 0.05) is 10.6 Å². The van der Waals surface area contributed by atoms with Crippen molar-refractivity contribution in [2.75, 3.05) is 12.9 Å². The van der Waals surface area contributed by atoms with Gasteiger partial charge < -0.3 is 9.84 Å². The molecule has 1 aromatic carbocycles. The Morgan fingerprint density at radius 3 is 2.94 bits per heavy atom. The number of rotatable bonds is 2. The summed E-state index contributed by atoms with van der Waals surface area (Å²) in [5.74, 6) is -0.0989. The van der Waals surface area contributed by atoms with Gasteiger partial charge in [-0.3, -0.25) is 4.79 Å². The van der Waals surface area contributed by atoms with Crippen molar-refractivity contribution in [2.24, 2.45) is 5.92 Å². The van der Waals surface area contributed by atoms with Gasteiger partial charge in [0.1, 0.15) is 5.60 Å². The zero-order chi connectivity index (χ0) is 12.5. The number of carbonyl (C=O) groups is 1. The molecule has 17 heavy (non-hydrogen) atoms. The van der Waals surface area contributed by atoms with Crippen molar-refractivity contribution < 1.29 is 14.6 Å². The first-order chi connectivity index (χ1) is 8.09. The summed E-state index contributed by atoms with van der Waals surface area (Å²) in [4.78, 5) is 12.7. The monoisotopic (exact) mass is 252 g/mol. The number of esters is 1. The summed E-state index contributed by atoms with van der Waals surface area (Å²) in [5.41, 5.74) is -0.260. The minimum absolute atomic E-state index is 0.366. The summed E-state index contributed by atoms with van der Waals surface area (Å²) in [6, 6.07) is 7.70. The first kappa shape index (κ1) is 12.5. The second kappa shape index (κ2) is 4.70. The van der Waals surface area contributed by atoms with Gasteiger partial charge in [-0.2, -0.15) is 0 Å². The minimum atomic E-state index is -1.10. The van der Waals surface area contributed by atoms with Crippen LogP contribution < -0.4 is 0 Å². The topological polar surface area (TPSA) is 46.5 Å². The molecule has 2 rings (SSSR count). The number of aliphatic hydroxyl groups is 1. The Hall–Kier alpha value is -1.00. The zero-order valence-corrected chi connectivity index (χ0v) is 10.8. The molecule has 0 spiro atoms. The van der Waals surface area contributed by atoms with Crippen LogP contribution >= 0.6 is 11.8 Å². The molecule has 1 N–H and O–H groups in total. The molecule has 1 heterocycles. The van der Waals surface area contributed by atoms with Crippen LogP contribution in [-0.4, -0.2) is 23.9 Å². The molecule has 0 amide bonds. The number of benzene rings is 1. The van der Waals surface area contributed by atoms with Crippen LogP contribution in [0.15, 0.2) is 29.2 Å². The highest BCUT2D eigenvalue weighted by Gasteiger charge is 2.43. The fraction of sp³-hybridized carbons (Fsp3) is 0.462. The summed E-state index contributed by atoms with van der Waals surface area (Å²) < 4.78 is 4.74. The van der Waals surface area contributed by atoms with E-state index in [0.717, 1.165) is 16.2 Å². The standard InChI is InChI=1S/C13H16O3S/c1-9(12(14)16-2)13(15)7-8-17-11-6-4-3-5-10(11)13/h3-6,9,15H,7-8H2,1-2H3. The molecule has 1 aliphatic rings. The van der Waals surface area contributed by atoms with Gasteiger partial charge in [0.15, 0.2) is 0 Å². The molecular formula is C13H16O3S. The van der Waals surface area contributed by atoms with E-state index in [1.54, 1.807) is 18.7 Å². The SMILES string of the molecule is COC(=O)C(C)C1(O)CCSc2ccccc21. The van der Waals surface area contributed by atoms with E-state index >= 15 is 0 Å². The van der Waals surface area contributed by atoms with E-state index in [9.17, 15) is 9.90 Å². The van der Waals surface area contributed by atoms with Gasteiger partial charge >= 0.3 is 5.97 Å². The molecule has 0 saturated heterocycles. The number of hydrogen-bond donors (Lipinski definition) is 1. The molecule has 0 aliphatic carbocycles. The third-order valence-electron chi connectivity index (χ3n) is 3.37. The molecule has 0 radical (unpaired) electrons. The molecule has 0 fully saturated rings. The first-order valence-corrected chi connectivity index (χ1v) is 6.60. The normalized spacial score (nSPS) is 24.9. The fourth-order valence-corrected chi connectivity index (χ4v) is 3.43. The summed E-state index contributed by atoms with van der Waals surface area (Å²) >= 11 is 1.72. The number of fused-ring (bicyclic) bond motifs is 1. The third-order valence-corrected chi connectivity index (χ3v) is 4.44. The molecule has 2 atom stereocenters. The van der Waals surface area contributed by atoms with Crippen molar-refractivity contribution in [3.63, 3.8) is 0 Å². The number of methoxy groups -OCH3 is 1. The Kier molecular flexibility index (Phi) is 3.45. The third kappa shape index (κ3) is 2.07. The smallest absolute Gasteiger partial charge is 0.311 e. The lowest BCUT2D eigenvalue weighted by molar-refractivity contribution is -0.156. The van der Waals surface area contributed by atoms with E-state index in [1.807, 2.05) is 24.3 Å². The van der Waals surface area contributed by atoms with Crippen LogP contribution in [0.4, 0.5) is 0 Å². The number of ether oxygens (including phenoxy) is 1. The van der Waals surface area contributed by atoms with Gasteiger partial charge in [-0.25, -0.2) is 0 Å². The average Bonchev–Trinajstić information content (AvgIpc) is 2.37. The Bertz CT molecular complexity index is 432. The molecular weight excluding hydrogens is 236 g/mol. The molecule has 4 heteroatoms. The summed E-state index contributed by atoms with van der Waals surface area (Å²) in [5, 5.41) is 10.8. The van der Waals surface area contributed by atoms with Crippen LogP contribution in [0, 0.1) is 5.92 Å². The van der Waals surface area contributed by atoms with E-state index in [1.165, 1.54) is 7.11 Å². The lowest BCUT2D eigenvalue weighted by Crippen LogP contribution is -2.41. The fourth-order valence-electron chi connectivity index (χ4n) is 2.22. The average molecular weight is 252 g/mol. The number of carbonyl (C=O) groups excluding carboxylic acids is 1. The molecule has 1 aromatic rings. The highest BCUT2D eigenvalue weighted by molar-refractivity contribution is 7.99. The van der Waals surface area contributed by atoms with Gasteiger partial charge in [0.05, 0.1) is 13.0 Å². The van der Waals surface area contributed by atoms with Crippen molar-refractivity contribution in [1.82, 2.24) is 0 Å². The zero-order valence-electron chi connectivity index (χ0n) is 9.97. The Balaban J connectivity index is 2.42. The van der Waals surface area contributed by atoms with Gasteiger partial charge in [-0.15, -0.1) is 11.8 Å². The highest BCUT2D eigenvalue weighted by atomic mass is 32.2. The summed E-state index contributed by atoms with van der Waals surface area (Å²) in [6.07, 6.45) is 0.574. The maximum atomic E-state index is 11.6. The molecule has 1 aliphatic heterocycles. The molecule has 0 bridgehead atoms. The maximum Gasteiger partial charge on any atom is 0.311 e. The summed E-state index contributed by atoms with van der Waals surface area (Å²) in [7, 11) is 1.35.